The van der Waals surface area contributed by atoms with Crippen LogP contribution in [0.3, 0.4) is 0 Å². The highest BCUT2D eigenvalue weighted by Crippen LogP contribution is 2.26. The molecule has 0 bridgehead atoms. The molecule has 3 N–H and O–H groups in total. The molecule has 0 unspecified atom stereocenters. The monoisotopic (exact) mass is 439 g/mol. The van der Waals surface area contributed by atoms with Crippen LogP contribution < -0.4 is 16.0 Å². The Labute approximate surface area is 180 Å². The van der Waals surface area contributed by atoms with Gasteiger partial charge in [-0.15, -0.1) is 37.2 Å². The first-order valence-corrected chi connectivity index (χ1v) is 9.02. The molecular weight excluding hydrogens is 409 g/mol. The molecule has 2 fully saturated rings. The first-order chi connectivity index (χ1) is 11.6. The number of carbonyl (C=O) groups excluding carboxylic acids is 1. The van der Waals surface area contributed by atoms with Gasteiger partial charge in [0.25, 0.3) is 0 Å². The minimum Gasteiger partial charge on any atom is -0.354 e. The first-order valence-electron chi connectivity index (χ1n) is 9.02. The van der Waals surface area contributed by atoms with E-state index in [1.165, 1.54) is 0 Å². The standard InChI is InChI=1S/C18H29N5O.3ClH/c1-22-7-9-23(10-8-22)17-11-14(5-6-20-17)13-21-18(24)12-15-3-2-4-16(15)19;;;/h5-6,11,15-16H,2-4,7-10,12-13,19H2,1H3,(H,21,24);3*1H/t15-,16+;;;/m0.../s1. The highest BCUT2D eigenvalue weighted by Gasteiger charge is 2.25. The van der Waals surface area contributed by atoms with E-state index in [-0.39, 0.29) is 49.2 Å². The summed E-state index contributed by atoms with van der Waals surface area (Å²) in [5.41, 5.74) is 7.15. The van der Waals surface area contributed by atoms with Crippen molar-refractivity contribution in [3.63, 3.8) is 0 Å². The van der Waals surface area contributed by atoms with Crippen molar-refractivity contribution < 1.29 is 4.79 Å². The smallest absolute Gasteiger partial charge is 0.220 e. The largest absolute Gasteiger partial charge is 0.354 e. The Balaban J connectivity index is 0.00000225. The number of hydrogen-bond donors (Lipinski definition) is 2. The Hall–Kier alpha value is -0.790. The summed E-state index contributed by atoms with van der Waals surface area (Å²) < 4.78 is 0. The van der Waals surface area contributed by atoms with Gasteiger partial charge in [-0.1, -0.05) is 6.42 Å². The maximum absolute atomic E-state index is 12.1. The van der Waals surface area contributed by atoms with Crippen LogP contribution in [-0.2, 0) is 11.3 Å². The summed E-state index contributed by atoms with van der Waals surface area (Å²) in [6.07, 6.45) is 5.67. The fraction of sp³-hybridized carbons (Fsp3) is 0.667. The maximum atomic E-state index is 12.1. The number of aromatic nitrogens is 1. The van der Waals surface area contributed by atoms with Crippen LogP contribution in [0.4, 0.5) is 5.82 Å². The van der Waals surface area contributed by atoms with Crippen LogP contribution in [-0.4, -0.2) is 55.1 Å². The van der Waals surface area contributed by atoms with Crippen LogP contribution in [0.15, 0.2) is 18.3 Å². The molecule has 1 saturated heterocycles. The number of amides is 1. The molecule has 27 heavy (non-hydrogen) atoms. The zero-order valence-electron chi connectivity index (χ0n) is 15.8. The number of piperazine rings is 1. The maximum Gasteiger partial charge on any atom is 0.220 e. The first kappa shape index (κ1) is 26.2. The molecule has 0 radical (unpaired) electrons. The molecule has 2 atom stereocenters. The highest BCUT2D eigenvalue weighted by molar-refractivity contribution is 5.86. The summed E-state index contributed by atoms with van der Waals surface area (Å²) in [6.45, 7) is 4.68. The molecule has 1 saturated carbocycles. The summed E-state index contributed by atoms with van der Waals surface area (Å²) in [5.74, 6) is 1.46. The zero-order chi connectivity index (χ0) is 16.9. The molecule has 1 aromatic heterocycles. The SMILES string of the molecule is CN1CCN(c2cc(CNC(=O)C[C@@H]3CCC[C@H]3N)ccn2)CC1.Cl.Cl.Cl. The lowest BCUT2D eigenvalue weighted by Crippen LogP contribution is -2.44. The molecule has 2 aliphatic rings. The second-order valence-corrected chi connectivity index (χ2v) is 7.15. The number of anilines is 1. The van der Waals surface area contributed by atoms with E-state index < -0.39 is 0 Å². The molecule has 0 aromatic carbocycles. The van der Waals surface area contributed by atoms with Crippen molar-refractivity contribution in [1.29, 1.82) is 0 Å². The third kappa shape index (κ3) is 7.62. The Morgan fingerprint density at radius 1 is 1.22 bits per heavy atom. The summed E-state index contributed by atoms with van der Waals surface area (Å²) in [7, 11) is 2.15. The molecule has 0 spiro atoms. The number of hydrogen-bond acceptors (Lipinski definition) is 5. The molecule has 156 valence electrons. The second-order valence-electron chi connectivity index (χ2n) is 7.15. The van der Waals surface area contributed by atoms with Gasteiger partial charge in [0.15, 0.2) is 0 Å². The number of rotatable bonds is 5. The molecule has 1 aromatic rings. The number of pyridine rings is 1. The van der Waals surface area contributed by atoms with Gasteiger partial charge < -0.3 is 20.9 Å². The van der Waals surface area contributed by atoms with Gasteiger partial charge in [-0.3, -0.25) is 4.79 Å². The fourth-order valence-corrected chi connectivity index (χ4v) is 3.61. The van der Waals surface area contributed by atoms with Gasteiger partial charge >= 0.3 is 0 Å². The van der Waals surface area contributed by atoms with Crippen molar-refractivity contribution in [2.45, 2.75) is 38.3 Å². The lowest BCUT2D eigenvalue weighted by Gasteiger charge is -2.33. The quantitative estimate of drug-likeness (QED) is 0.734. The van der Waals surface area contributed by atoms with E-state index in [4.69, 9.17) is 5.73 Å². The molecule has 2 heterocycles. The highest BCUT2D eigenvalue weighted by atomic mass is 35.5. The summed E-state index contributed by atoms with van der Waals surface area (Å²) in [4.78, 5) is 21.3. The third-order valence-electron chi connectivity index (χ3n) is 5.29. The van der Waals surface area contributed by atoms with Gasteiger partial charge in [0, 0.05) is 51.4 Å². The van der Waals surface area contributed by atoms with E-state index in [1.54, 1.807) is 0 Å². The fourth-order valence-electron chi connectivity index (χ4n) is 3.61. The molecule has 1 amide bonds. The molecular formula is C18H32Cl3N5O. The van der Waals surface area contributed by atoms with Gasteiger partial charge in [-0.05, 0) is 43.5 Å². The van der Waals surface area contributed by atoms with E-state index in [2.05, 4.69) is 33.2 Å². The summed E-state index contributed by atoms with van der Waals surface area (Å²) in [6, 6.07) is 4.26. The number of halogens is 3. The molecule has 1 aliphatic heterocycles. The van der Waals surface area contributed by atoms with E-state index >= 15 is 0 Å². The predicted octanol–water partition coefficient (Wildman–Crippen LogP) is 2.23. The average Bonchev–Trinajstić information content (AvgIpc) is 2.99. The second kappa shape index (κ2) is 12.6. The third-order valence-corrected chi connectivity index (χ3v) is 5.29. The van der Waals surface area contributed by atoms with Gasteiger partial charge in [0.05, 0.1) is 0 Å². The minimum absolute atomic E-state index is 0. The van der Waals surface area contributed by atoms with Crippen molar-refractivity contribution in [1.82, 2.24) is 15.2 Å². The number of nitrogens with two attached hydrogens (primary N) is 1. The Morgan fingerprint density at radius 3 is 2.56 bits per heavy atom. The number of nitrogens with zero attached hydrogens (tertiary/aromatic N) is 3. The minimum atomic E-state index is 0. The van der Waals surface area contributed by atoms with Crippen LogP contribution in [0, 0.1) is 5.92 Å². The van der Waals surface area contributed by atoms with Crippen LogP contribution >= 0.6 is 37.2 Å². The average molecular weight is 441 g/mol. The number of carbonyl (C=O) groups is 1. The van der Waals surface area contributed by atoms with Crippen molar-refractivity contribution in [3.8, 4) is 0 Å². The van der Waals surface area contributed by atoms with Crippen molar-refractivity contribution >= 4 is 48.9 Å². The molecule has 1 aliphatic carbocycles. The predicted molar refractivity (Wildman–Crippen MR) is 117 cm³/mol. The topological polar surface area (TPSA) is 74.5 Å². The number of likely N-dealkylation sites (N-methyl/N-ethyl adjacent to an activating group) is 1. The van der Waals surface area contributed by atoms with Gasteiger partial charge in [-0.25, -0.2) is 4.98 Å². The van der Waals surface area contributed by atoms with Crippen molar-refractivity contribution in [2.24, 2.45) is 11.7 Å². The van der Waals surface area contributed by atoms with E-state index in [1.807, 2.05) is 12.3 Å². The van der Waals surface area contributed by atoms with Gasteiger partial charge in [-0.2, -0.15) is 0 Å². The number of nitrogens with one attached hydrogen (secondary N) is 1. The molecule has 6 nitrogen and oxygen atoms in total. The van der Waals surface area contributed by atoms with Crippen LogP contribution in [0.5, 0.6) is 0 Å². The molecule has 3 rings (SSSR count). The lowest BCUT2D eigenvalue weighted by atomic mass is 10.00. The van der Waals surface area contributed by atoms with E-state index in [9.17, 15) is 4.79 Å². The molecule has 9 heteroatoms. The lowest BCUT2D eigenvalue weighted by molar-refractivity contribution is -0.122. The Bertz CT molecular complexity index is 570. The Kier molecular flexibility index (Phi) is 12.3. The zero-order valence-corrected chi connectivity index (χ0v) is 18.3. The van der Waals surface area contributed by atoms with E-state index in [0.29, 0.717) is 18.9 Å². The van der Waals surface area contributed by atoms with Crippen LogP contribution in [0.1, 0.15) is 31.2 Å². The summed E-state index contributed by atoms with van der Waals surface area (Å²) >= 11 is 0. The van der Waals surface area contributed by atoms with E-state index in [0.717, 1.165) is 56.8 Å². The summed E-state index contributed by atoms with van der Waals surface area (Å²) in [5, 5.41) is 3.03. The normalized spacial score (nSPS) is 22.2. The van der Waals surface area contributed by atoms with Gasteiger partial charge in [0.2, 0.25) is 5.91 Å². The van der Waals surface area contributed by atoms with Crippen LogP contribution in [0.2, 0.25) is 0 Å². The van der Waals surface area contributed by atoms with Crippen molar-refractivity contribution in [2.75, 3.05) is 38.1 Å². The Morgan fingerprint density at radius 2 is 1.93 bits per heavy atom. The van der Waals surface area contributed by atoms with Crippen molar-refractivity contribution in [3.05, 3.63) is 23.9 Å². The van der Waals surface area contributed by atoms with Crippen LogP contribution in [0.25, 0.3) is 0 Å². The van der Waals surface area contributed by atoms with Gasteiger partial charge in [0.1, 0.15) is 5.82 Å².